The molecule has 0 saturated heterocycles. The maximum Gasteiger partial charge on any atom is 0.416 e. The molecule has 0 spiro atoms. The van der Waals surface area contributed by atoms with Crippen molar-refractivity contribution in [3.05, 3.63) is 60.3 Å². The average Bonchev–Trinajstić information content (AvgIpc) is 2.69. The van der Waals surface area contributed by atoms with Crippen molar-refractivity contribution in [3.8, 4) is 0 Å². The third-order valence-electron chi connectivity index (χ3n) is 4.71. The predicted octanol–water partition coefficient (Wildman–Crippen LogP) is 3.87. The first-order chi connectivity index (χ1) is 12.6. The van der Waals surface area contributed by atoms with E-state index < -0.39 is 12.1 Å². The highest BCUT2D eigenvalue weighted by molar-refractivity contribution is 5.87. The Bertz CT molecular complexity index is 728. The lowest BCUT2D eigenvalue weighted by atomic mass is 9.85. The summed E-state index contributed by atoms with van der Waals surface area (Å²) in [6.07, 6.45) is 3.52. The van der Waals surface area contributed by atoms with E-state index in [-0.39, 0.29) is 18.6 Å². The lowest BCUT2D eigenvalue weighted by Crippen LogP contribution is -2.44. The highest BCUT2D eigenvalue weighted by Gasteiger charge is 2.33. The van der Waals surface area contributed by atoms with Crippen molar-refractivity contribution in [3.63, 3.8) is 0 Å². The van der Waals surface area contributed by atoms with Gasteiger partial charge in [-0.25, -0.2) is 9.78 Å². The molecule has 1 aliphatic rings. The zero-order valence-corrected chi connectivity index (χ0v) is 14.5. The SMILES string of the molecule is O=C(O)C1CCC(N(C(=O)OCc2ccccc2)c2ccccn2)CC1. The third kappa shape index (κ3) is 4.39. The molecule has 0 atom stereocenters. The summed E-state index contributed by atoms with van der Waals surface area (Å²) in [5, 5.41) is 9.18. The van der Waals surface area contributed by atoms with Gasteiger partial charge in [-0.2, -0.15) is 0 Å². The molecule has 1 heterocycles. The van der Waals surface area contributed by atoms with Crippen LogP contribution in [0.3, 0.4) is 0 Å². The van der Waals surface area contributed by atoms with Crippen molar-refractivity contribution in [1.82, 2.24) is 4.98 Å². The van der Waals surface area contributed by atoms with E-state index in [0.29, 0.717) is 31.5 Å². The number of aliphatic carboxylic acids is 1. The van der Waals surface area contributed by atoms with Crippen LogP contribution in [-0.4, -0.2) is 28.2 Å². The van der Waals surface area contributed by atoms with Crippen LogP contribution < -0.4 is 4.90 Å². The molecule has 2 aromatic rings. The average molecular weight is 354 g/mol. The zero-order valence-electron chi connectivity index (χ0n) is 14.5. The van der Waals surface area contributed by atoms with Crippen LogP contribution in [0, 0.1) is 5.92 Å². The number of aromatic nitrogens is 1. The molecular weight excluding hydrogens is 332 g/mol. The Morgan fingerprint density at radius 2 is 1.73 bits per heavy atom. The molecule has 136 valence electrons. The third-order valence-corrected chi connectivity index (χ3v) is 4.71. The topological polar surface area (TPSA) is 79.7 Å². The van der Waals surface area contributed by atoms with Gasteiger partial charge in [0, 0.05) is 12.2 Å². The number of anilines is 1. The van der Waals surface area contributed by atoms with Crippen LogP contribution in [0.2, 0.25) is 0 Å². The van der Waals surface area contributed by atoms with E-state index in [0.717, 1.165) is 5.56 Å². The van der Waals surface area contributed by atoms with Crippen molar-refractivity contribution >= 4 is 17.9 Å². The van der Waals surface area contributed by atoms with E-state index in [1.54, 1.807) is 23.2 Å². The molecule has 26 heavy (non-hydrogen) atoms. The van der Waals surface area contributed by atoms with Gasteiger partial charge in [0.05, 0.1) is 5.92 Å². The van der Waals surface area contributed by atoms with Crippen LogP contribution >= 0.6 is 0 Å². The molecule has 1 N–H and O–H groups in total. The number of carboxylic acid groups (broad SMARTS) is 1. The van der Waals surface area contributed by atoms with E-state index in [1.165, 1.54) is 0 Å². The van der Waals surface area contributed by atoms with Crippen molar-refractivity contribution in [2.75, 3.05) is 4.90 Å². The molecular formula is C20H22N2O4. The Morgan fingerprint density at radius 3 is 2.35 bits per heavy atom. The van der Waals surface area contributed by atoms with Gasteiger partial charge < -0.3 is 9.84 Å². The van der Waals surface area contributed by atoms with Gasteiger partial charge in [-0.3, -0.25) is 9.69 Å². The molecule has 3 rings (SSSR count). The van der Waals surface area contributed by atoms with Crippen LogP contribution in [0.25, 0.3) is 0 Å². The van der Waals surface area contributed by atoms with E-state index in [1.807, 2.05) is 36.4 Å². The Hall–Kier alpha value is -2.89. The van der Waals surface area contributed by atoms with Crippen LogP contribution in [0.5, 0.6) is 0 Å². The maximum atomic E-state index is 12.8. The lowest BCUT2D eigenvalue weighted by molar-refractivity contribution is -0.142. The Kier molecular flexibility index (Phi) is 5.84. The maximum absolute atomic E-state index is 12.8. The van der Waals surface area contributed by atoms with E-state index >= 15 is 0 Å². The summed E-state index contributed by atoms with van der Waals surface area (Å²) in [4.78, 5) is 29.8. The van der Waals surface area contributed by atoms with Gasteiger partial charge in [-0.05, 0) is 43.4 Å². The first kappa shape index (κ1) is 17.9. The van der Waals surface area contributed by atoms with Gasteiger partial charge in [0.1, 0.15) is 12.4 Å². The molecule has 1 amide bonds. The molecule has 0 unspecified atom stereocenters. The fourth-order valence-electron chi connectivity index (χ4n) is 3.30. The molecule has 0 bridgehead atoms. The molecule has 1 aromatic heterocycles. The highest BCUT2D eigenvalue weighted by atomic mass is 16.6. The summed E-state index contributed by atoms with van der Waals surface area (Å²) in [6.45, 7) is 0.188. The smallest absolute Gasteiger partial charge is 0.416 e. The quantitative estimate of drug-likeness (QED) is 0.882. The van der Waals surface area contributed by atoms with Crippen molar-refractivity contribution in [1.29, 1.82) is 0 Å². The van der Waals surface area contributed by atoms with Crippen LogP contribution in [0.1, 0.15) is 31.2 Å². The summed E-state index contributed by atoms with van der Waals surface area (Å²) in [5.74, 6) is -0.569. The number of hydrogen-bond acceptors (Lipinski definition) is 4. The predicted molar refractivity (Wildman–Crippen MR) is 96.7 cm³/mol. The highest BCUT2D eigenvalue weighted by Crippen LogP contribution is 2.30. The minimum Gasteiger partial charge on any atom is -0.481 e. The van der Waals surface area contributed by atoms with Gasteiger partial charge >= 0.3 is 12.1 Å². The van der Waals surface area contributed by atoms with E-state index in [4.69, 9.17) is 4.74 Å². The molecule has 6 heteroatoms. The second-order valence-corrected chi connectivity index (χ2v) is 6.44. The second kappa shape index (κ2) is 8.47. The van der Waals surface area contributed by atoms with Crippen molar-refractivity contribution in [2.45, 2.75) is 38.3 Å². The number of benzene rings is 1. The van der Waals surface area contributed by atoms with Crippen molar-refractivity contribution in [2.24, 2.45) is 5.92 Å². The number of hydrogen-bond donors (Lipinski definition) is 1. The number of nitrogens with zero attached hydrogens (tertiary/aromatic N) is 2. The number of carbonyl (C=O) groups is 2. The Balaban J connectivity index is 1.72. The summed E-state index contributed by atoms with van der Waals surface area (Å²) in [7, 11) is 0. The molecule has 1 saturated carbocycles. The molecule has 6 nitrogen and oxygen atoms in total. The Morgan fingerprint density at radius 1 is 1.04 bits per heavy atom. The monoisotopic (exact) mass is 354 g/mol. The number of amides is 1. The number of ether oxygens (including phenoxy) is 1. The Labute approximate surface area is 152 Å². The number of rotatable bonds is 5. The standard InChI is InChI=1S/C20H22N2O4/c23-19(24)16-9-11-17(12-10-16)22(18-8-4-5-13-21-18)20(25)26-14-15-6-2-1-3-7-15/h1-8,13,16-17H,9-12,14H2,(H,23,24). The first-order valence-corrected chi connectivity index (χ1v) is 8.79. The molecule has 0 aliphatic heterocycles. The normalized spacial score (nSPS) is 19.5. The molecule has 1 aliphatic carbocycles. The van der Waals surface area contributed by atoms with Gasteiger partial charge in [0.25, 0.3) is 0 Å². The minimum absolute atomic E-state index is 0.108. The van der Waals surface area contributed by atoms with Crippen LogP contribution in [0.15, 0.2) is 54.7 Å². The van der Waals surface area contributed by atoms with Crippen molar-refractivity contribution < 1.29 is 19.4 Å². The minimum atomic E-state index is -0.764. The summed E-state index contributed by atoms with van der Waals surface area (Å²) in [6, 6.07) is 14.8. The molecule has 0 radical (unpaired) electrons. The van der Waals surface area contributed by atoms with E-state index in [2.05, 4.69) is 4.98 Å². The fourth-order valence-corrected chi connectivity index (χ4v) is 3.30. The molecule has 1 fully saturated rings. The number of carbonyl (C=O) groups excluding carboxylic acids is 1. The largest absolute Gasteiger partial charge is 0.481 e. The number of carboxylic acids is 1. The van der Waals surface area contributed by atoms with E-state index in [9.17, 15) is 14.7 Å². The fraction of sp³-hybridized carbons (Fsp3) is 0.350. The second-order valence-electron chi connectivity index (χ2n) is 6.44. The number of pyridine rings is 1. The summed E-state index contributed by atoms with van der Waals surface area (Å²) in [5.41, 5.74) is 0.913. The zero-order chi connectivity index (χ0) is 18.4. The lowest BCUT2D eigenvalue weighted by Gasteiger charge is -2.34. The molecule has 1 aromatic carbocycles. The van der Waals surface area contributed by atoms with Crippen LogP contribution in [0.4, 0.5) is 10.6 Å². The van der Waals surface area contributed by atoms with Gasteiger partial charge in [-0.1, -0.05) is 36.4 Å². The summed E-state index contributed by atoms with van der Waals surface area (Å²) >= 11 is 0. The van der Waals surface area contributed by atoms with Gasteiger partial charge in [-0.15, -0.1) is 0 Å². The summed E-state index contributed by atoms with van der Waals surface area (Å²) < 4.78 is 5.50. The van der Waals surface area contributed by atoms with Crippen LogP contribution in [-0.2, 0) is 16.1 Å². The first-order valence-electron chi connectivity index (χ1n) is 8.79. The van der Waals surface area contributed by atoms with Gasteiger partial charge in [0.15, 0.2) is 0 Å². The van der Waals surface area contributed by atoms with Gasteiger partial charge in [0.2, 0.25) is 0 Å².